The number of hydrogen-bond donors (Lipinski definition) is 1. The summed E-state index contributed by atoms with van der Waals surface area (Å²) >= 11 is 0. The number of nitriles is 1. The lowest BCUT2D eigenvalue weighted by molar-refractivity contribution is -0.385. The Bertz CT molecular complexity index is 1750. The van der Waals surface area contributed by atoms with Crippen LogP contribution in [-0.4, -0.2) is 37.7 Å². The largest absolute Gasteiger partial charge is 0.354 e. The molecule has 0 spiro atoms. The predicted molar refractivity (Wildman–Crippen MR) is 147 cm³/mol. The summed E-state index contributed by atoms with van der Waals surface area (Å²) in [6.45, 7) is 2.11. The summed E-state index contributed by atoms with van der Waals surface area (Å²) in [6, 6.07) is 21.6. The zero-order valence-electron chi connectivity index (χ0n) is 21.1. The van der Waals surface area contributed by atoms with Crippen molar-refractivity contribution < 1.29 is 14.6 Å². The quantitative estimate of drug-likeness (QED) is 0.240. The lowest BCUT2D eigenvalue weighted by Gasteiger charge is -2.28. The Kier molecular flexibility index (Phi) is 7.12. The number of fused-ring (bicyclic) bond motifs is 1. The zero-order chi connectivity index (χ0) is 28.2. The average Bonchev–Trinajstić information content (AvgIpc) is 3.40. The molecule has 0 bridgehead atoms. The molecule has 1 N–H and O–H groups in total. The van der Waals surface area contributed by atoms with Crippen LogP contribution in [0.1, 0.15) is 18.1 Å². The number of aromatic nitrogens is 3. The van der Waals surface area contributed by atoms with Crippen LogP contribution in [0.3, 0.4) is 0 Å². The number of rotatable bonds is 8. The monoisotopic (exact) mass is 535 g/mol. The highest BCUT2D eigenvalue weighted by Gasteiger charge is 2.28. The molecule has 0 aliphatic carbocycles. The number of hydrogen-bond acceptors (Lipinski definition) is 9. The average molecular weight is 536 g/mol. The number of nitrogens with zero attached hydrogens (tertiary/aromatic N) is 6. The van der Waals surface area contributed by atoms with Crippen LogP contribution >= 0.6 is 0 Å². The number of benzene rings is 3. The molecule has 1 aromatic heterocycles. The SMILES string of the molecule is CCOC1NC(/C(=C\c2ccc([N+](=O)[O-])cc2)n2nnc3ccccc32)=CC(c2ccc([N+](=O)[O-])cc2)=C1C#N. The molecule has 0 radical (unpaired) electrons. The minimum atomic E-state index is -0.824. The molecular formula is C28H21N7O5. The predicted octanol–water partition coefficient (Wildman–Crippen LogP) is 5.07. The Morgan fingerprint density at radius 2 is 1.70 bits per heavy atom. The van der Waals surface area contributed by atoms with Crippen molar-refractivity contribution in [2.45, 2.75) is 13.2 Å². The van der Waals surface area contributed by atoms with E-state index in [1.807, 2.05) is 24.3 Å². The number of allylic oxidation sites excluding steroid dienone is 3. The van der Waals surface area contributed by atoms with E-state index in [4.69, 9.17) is 4.74 Å². The van der Waals surface area contributed by atoms with Crippen molar-refractivity contribution in [2.75, 3.05) is 6.61 Å². The number of non-ortho nitro benzene ring substituents is 2. The van der Waals surface area contributed by atoms with Gasteiger partial charge >= 0.3 is 0 Å². The molecular weight excluding hydrogens is 514 g/mol. The molecule has 12 heteroatoms. The lowest BCUT2D eigenvalue weighted by Crippen LogP contribution is -2.37. The van der Waals surface area contributed by atoms with Gasteiger partial charge in [0.2, 0.25) is 0 Å². The number of para-hydroxylation sites is 1. The van der Waals surface area contributed by atoms with Crippen molar-refractivity contribution in [1.82, 2.24) is 20.3 Å². The van der Waals surface area contributed by atoms with E-state index in [-0.39, 0.29) is 11.4 Å². The van der Waals surface area contributed by atoms with Gasteiger partial charge in [-0.15, -0.1) is 5.10 Å². The third-order valence-electron chi connectivity index (χ3n) is 6.23. The van der Waals surface area contributed by atoms with Gasteiger partial charge in [-0.2, -0.15) is 5.26 Å². The third kappa shape index (κ3) is 5.04. The first-order valence-corrected chi connectivity index (χ1v) is 12.2. The molecule has 40 heavy (non-hydrogen) atoms. The normalized spacial score (nSPS) is 15.3. The van der Waals surface area contributed by atoms with Gasteiger partial charge in [0.15, 0.2) is 6.23 Å². The van der Waals surface area contributed by atoms with Crippen molar-refractivity contribution in [3.05, 3.63) is 121 Å². The van der Waals surface area contributed by atoms with Gasteiger partial charge in [0.1, 0.15) is 11.6 Å². The van der Waals surface area contributed by atoms with Crippen LogP contribution in [0.2, 0.25) is 0 Å². The fraction of sp³-hybridized carbons (Fsp3) is 0.107. The van der Waals surface area contributed by atoms with E-state index < -0.39 is 16.1 Å². The fourth-order valence-electron chi connectivity index (χ4n) is 4.33. The molecule has 0 saturated carbocycles. The summed E-state index contributed by atoms with van der Waals surface area (Å²) in [6.07, 6.45) is 2.72. The molecule has 5 rings (SSSR count). The smallest absolute Gasteiger partial charge is 0.269 e. The van der Waals surface area contributed by atoms with Crippen molar-refractivity contribution in [2.24, 2.45) is 0 Å². The first-order chi connectivity index (χ1) is 19.4. The van der Waals surface area contributed by atoms with Gasteiger partial charge in [-0.1, -0.05) is 17.3 Å². The minimum absolute atomic E-state index is 0.0432. The van der Waals surface area contributed by atoms with E-state index in [1.165, 1.54) is 24.3 Å². The van der Waals surface area contributed by atoms with Gasteiger partial charge in [-0.05, 0) is 66.6 Å². The second-order valence-electron chi connectivity index (χ2n) is 8.65. The first kappa shape index (κ1) is 26.0. The molecule has 1 unspecified atom stereocenters. The highest BCUT2D eigenvalue weighted by atomic mass is 16.6. The highest BCUT2D eigenvalue weighted by Crippen LogP contribution is 2.33. The highest BCUT2D eigenvalue weighted by molar-refractivity contribution is 5.92. The Hall–Kier alpha value is -5.67. The maximum atomic E-state index is 11.2. The van der Waals surface area contributed by atoms with Crippen LogP contribution in [0.4, 0.5) is 11.4 Å². The molecule has 4 aromatic rings. The minimum Gasteiger partial charge on any atom is -0.354 e. The number of nitro benzene ring substituents is 2. The molecule has 1 atom stereocenters. The van der Waals surface area contributed by atoms with Crippen molar-refractivity contribution in [3.8, 4) is 6.07 Å². The molecule has 0 fully saturated rings. The maximum Gasteiger partial charge on any atom is 0.269 e. The third-order valence-corrected chi connectivity index (χ3v) is 6.23. The van der Waals surface area contributed by atoms with Crippen molar-refractivity contribution >= 4 is 39.8 Å². The van der Waals surface area contributed by atoms with E-state index in [0.717, 1.165) is 0 Å². The summed E-state index contributed by atoms with van der Waals surface area (Å²) < 4.78 is 7.52. The van der Waals surface area contributed by atoms with E-state index >= 15 is 0 Å². The number of nitro groups is 2. The molecule has 0 saturated heterocycles. The molecule has 12 nitrogen and oxygen atoms in total. The molecule has 1 aliphatic heterocycles. The van der Waals surface area contributed by atoms with Crippen LogP contribution in [0.25, 0.3) is 28.4 Å². The number of ether oxygens (including phenoxy) is 1. The zero-order valence-corrected chi connectivity index (χ0v) is 21.1. The Balaban J connectivity index is 1.71. The molecule has 1 aliphatic rings. The number of nitrogens with one attached hydrogen (secondary N) is 1. The topological polar surface area (TPSA) is 162 Å². The summed E-state index contributed by atoms with van der Waals surface area (Å²) in [5, 5.41) is 44.3. The second kappa shape index (κ2) is 11.0. The van der Waals surface area contributed by atoms with Gasteiger partial charge in [-0.25, -0.2) is 4.68 Å². The van der Waals surface area contributed by atoms with Gasteiger partial charge in [0, 0.05) is 36.4 Å². The van der Waals surface area contributed by atoms with Gasteiger partial charge in [0.05, 0.1) is 32.3 Å². The van der Waals surface area contributed by atoms with Crippen LogP contribution in [-0.2, 0) is 4.74 Å². The lowest BCUT2D eigenvalue weighted by atomic mass is 9.94. The van der Waals surface area contributed by atoms with E-state index in [9.17, 15) is 25.5 Å². The van der Waals surface area contributed by atoms with Gasteiger partial charge < -0.3 is 10.1 Å². The van der Waals surface area contributed by atoms with Gasteiger partial charge in [0.25, 0.3) is 11.4 Å². The van der Waals surface area contributed by atoms with Crippen LogP contribution in [0, 0.1) is 31.6 Å². The maximum absolute atomic E-state index is 11.2. The Morgan fingerprint density at radius 1 is 1.05 bits per heavy atom. The molecule has 0 amide bonds. The Labute approximate surface area is 227 Å². The van der Waals surface area contributed by atoms with E-state index in [0.29, 0.717) is 51.3 Å². The molecule has 2 heterocycles. The second-order valence-corrected chi connectivity index (χ2v) is 8.65. The standard InChI is InChI=1S/C28H21N7O5/c1-2-40-28-23(17-29)22(19-9-13-21(14-10-19)35(38)39)16-25(30-28)27(15-18-7-11-20(12-8-18)34(36)37)33-26-6-4-3-5-24(26)31-32-33/h3-16,28,30H,2H2,1H3/b27-15+. The summed E-state index contributed by atoms with van der Waals surface area (Å²) in [4.78, 5) is 21.4. The molecule has 3 aromatic carbocycles. The van der Waals surface area contributed by atoms with Crippen LogP contribution in [0.5, 0.6) is 0 Å². The van der Waals surface area contributed by atoms with Crippen LogP contribution < -0.4 is 5.32 Å². The van der Waals surface area contributed by atoms with E-state index in [2.05, 4.69) is 21.7 Å². The molecule has 198 valence electrons. The van der Waals surface area contributed by atoms with Crippen molar-refractivity contribution in [1.29, 1.82) is 5.26 Å². The van der Waals surface area contributed by atoms with E-state index in [1.54, 1.807) is 48.0 Å². The summed E-state index contributed by atoms with van der Waals surface area (Å²) in [5.74, 6) is 0. The number of dihydropyridines is 1. The summed E-state index contributed by atoms with van der Waals surface area (Å²) in [7, 11) is 0. The van der Waals surface area contributed by atoms with Crippen molar-refractivity contribution in [3.63, 3.8) is 0 Å². The fourth-order valence-corrected chi connectivity index (χ4v) is 4.33. The van der Waals surface area contributed by atoms with Gasteiger partial charge in [-0.3, -0.25) is 20.2 Å². The summed E-state index contributed by atoms with van der Waals surface area (Å²) in [5.41, 5.74) is 4.36. The Morgan fingerprint density at radius 3 is 2.33 bits per heavy atom. The first-order valence-electron chi connectivity index (χ1n) is 12.2. The van der Waals surface area contributed by atoms with Crippen LogP contribution in [0.15, 0.2) is 90.1 Å².